The van der Waals surface area contributed by atoms with Crippen LogP contribution in [0.5, 0.6) is 5.95 Å². The maximum Gasteiger partial charge on any atom is 0.415 e. The van der Waals surface area contributed by atoms with Crippen molar-refractivity contribution < 1.29 is 13.9 Å². The molecule has 34 heavy (non-hydrogen) atoms. The fourth-order valence-corrected chi connectivity index (χ4v) is 5.20. The van der Waals surface area contributed by atoms with Gasteiger partial charge in [-0.2, -0.15) is 0 Å². The van der Waals surface area contributed by atoms with Gasteiger partial charge in [0.2, 0.25) is 0 Å². The Morgan fingerprint density at radius 1 is 0.882 bits per heavy atom. The summed E-state index contributed by atoms with van der Waals surface area (Å²) in [6.45, 7) is 0.409. The van der Waals surface area contributed by atoms with Gasteiger partial charge in [-0.25, -0.2) is 4.79 Å². The third kappa shape index (κ3) is 3.81. The van der Waals surface area contributed by atoms with Crippen LogP contribution in [0.4, 0.5) is 4.79 Å². The van der Waals surface area contributed by atoms with Gasteiger partial charge in [-0.1, -0.05) is 78.9 Å². The molecule has 168 valence electrons. The summed E-state index contributed by atoms with van der Waals surface area (Å²) < 4.78 is 11.2. The largest absolute Gasteiger partial charge is 0.434 e. The first kappa shape index (κ1) is 20.5. The van der Waals surface area contributed by atoms with Crippen LogP contribution in [0.2, 0.25) is 0 Å². The molecule has 1 unspecified atom stereocenters. The van der Waals surface area contributed by atoms with Crippen LogP contribution in [0, 0.1) is 0 Å². The minimum absolute atomic E-state index is 0.236. The Kier molecular flexibility index (Phi) is 5.27. The second-order valence-electron chi connectivity index (χ2n) is 8.92. The number of hydrogen-bond acceptors (Lipinski definition) is 3. The molecule has 0 radical (unpaired) electrons. The van der Waals surface area contributed by atoms with Gasteiger partial charge in [0, 0.05) is 12.1 Å². The highest BCUT2D eigenvalue weighted by Crippen LogP contribution is 2.41. The molecule has 4 aromatic carbocycles. The van der Waals surface area contributed by atoms with Gasteiger partial charge in [0.15, 0.2) is 0 Å². The Bertz CT molecular complexity index is 1490. The highest BCUT2D eigenvalue weighted by Gasteiger charge is 2.27. The smallest absolute Gasteiger partial charge is 0.415 e. The van der Waals surface area contributed by atoms with E-state index < -0.39 is 6.09 Å². The number of furan rings is 1. The van der Waals surface area contributed by atoms with Crippen molar-refractivity contribution >= 4 is 27.6 Å². The van der Waals surface area contributed by atoms with Crippen molar-refractivity contribution in [1.82, 2.24) is 5.32 Å². The maximum absolute atomic E-state index is 12.4. The summed E-state index contributed by atoms with van der Waals surface area (Å²) in [6.07, 6.45) is 3.99. The van der Waals surface area contributed by atoms with Crippen LogP contribution in [0.15, 0.2) is 95.6 Å². The number of rotatable bonds is 4. The fraction of sp³-hybridized carbons (Fsp3) is 0.167. The van der Waals surface area contributed by atoms with Gasteiger partial charge in [0.05, 0.1) is 6.26 Å². The summed E-state index contributed by atoms with van der Waals surface area (Å²) in [7, 11) is 0. The third-order valence-corrected chi connectivity index (χ3v) is 6.91. The predicted molar refractivity (Wildman–Crippen MR) is 134 cm³/mol. The quantitative estimate of drug-likeness (QED) is 0.298. The molecule has 0 saturated carbocycles. The van der Waals surface area contributed by atoms with Gasteiger partial charge in [0.25, 0.3) is 5.95 Å². The van der Waals surface area contributed by atoms with E-state index in [1.165, 1.54) is 32.7 Å². The molecule has 0 aliphatic heterocycles. The monoisotopic (exact) mass is 447 g/mol. The molecule has 0 saturated heterocycles. The topological polar surface area (TPSA) is 51.5 Å². The van der Waals surface area contributed by atoms with Crippen molar-refractivity contribution in [3.05, 3.63) is 113 Å². The standard InChI is InChI=1S/C30H25NO3/c32-30(31-19-20-6-2-1-3-7-20)34-29-25(16-17-33-29)23-11-10-22-13-14-26-24-9-5-4-8-21(24)12-15-27(26)28(22)18-23/h1-9,12-17,23H,10-11,18-19H2,(H,31,32). The molecule has 1 atom stereocenters. The lowest BCUT2D eigenvalue weighted by Gasteiger charge is -2.26. The average Bonchev–Trinajstić information content (AvgIpc) is 3.35. The number of nitrogens with one attached hydrogen (secondary N) is 1. The number of amides is 1. The lowest BCUT2D eigenvalue weighted by molar-refractivity contribution is 0.185. The summed E-state index contributed by atoms with van der Waals surface area (Å²) in [6, 6.07) is 29.3. The highest BCUT2D eigenvalue weighted by molar-refractivity contribution is 6.08. The van der Waals surface area contributed by atoms with Gasteiger partial charge in [-0.15, -0.1) is 0 Å². The summed E-state index contributed by atoms with van der Waals surface area (Å²) in [5, 5.41) is 7.95. The molecule has 1 heterocycles. The van der Waals surface area contributed by atoms with Crippen molar-refractivity contribution in [2.24, 2.45) is 0 Å². The molecule has 0 bridgehead atoms. The van der Waals surface area contributed by atoms with Crippen LogP contribution in [0.1, 0.15) is 34.6 Å². The highest BCUT2D eigenvalue weighted by atomic mass is 16.6. The molecule has 6 rings (SSSR count). The zero-order chi connectivity index (χ0) is 22.9. The van der Waals surface area contributed by atoms with E-state index in [-0.39, 0.29) is 5.92 Å². The summed E-state index contributed by atoms with van der Waals surface area (Å²) in [5.41, 5.74) is 4.77. The number of aryl methyl sites for hydroxylation is 1. The van der Waals surface area contributed by atoms with Gasteiger partial charge < -0.3 is 14.5 Å². The Morgan fingerprint density at radius 3 is 2.62 bits per heavy atom. The molecular weight excluding hydrogens is 422 g/mol. The molecule has 1 amide bonds. The Labute approximate surface area is 198 Å². The number of benzene rings is 4. The van der Waals surface area contributed by atoms with Crippen LogP contribution in [0.3, 0.4) is 0 Å². The van der Waals surface area contributed by atoms with E-state index in [0.29, 0.717) is 12.5 Å². The Morgan fingerprint density at radius 2 is 1.71 bits per heavy atom. The maximum atomic E-state index is 12.4. The number of carbonyl (C=O) groups excluding carboxylic acids is 1. The van der Waals surface area contributed by atoms with Crippen molar-refractivity contribution in [1.29, 1.82) is 0 Å². The predicted octanol–water partition coefficient (Wildman–Crippen LogP) is 7.15. The zero-order valence-corrected chi connectivity index (χ0v) is 18.8. The molecule has 4 nitrogen and oxygen atoms in total. The van der Waals surface area contributed by atoms with Crippen molar-refractivity contribution in [3.63, 3.8) is 0 Å². The first-order chi connectivity index (χ1) is 16.8. The Balaban J connectivity index is 1.24. The first-order valence-corrected chi connectivity index (χ1v) is 11.8. The molecule has 0 fully saturated rings. The first-order valence-electron chi connectivity index (χ1n) is 11.8. The zero-order valence-electron chi connectivity index (χ0n) is 18.8. The molecule has 1 aliphatic rings. The van der Waals surface area contributed by atoms with Crippen molar-refractivity contribution in [2.45, 2.75) is 31.7 Å². The van der Waals surface area contributed by atoms with E-state index in [1.807, 2.05) is 36.4 Å². The van der Waals surface area contributed by atoms with Crippen LogP contribution in [-0.4, -0.2) is 6.09 Å². The fourth-order valence-electron chi connectivity index (χ4n) is 5.20. The van der Waals surface area contributed by atoms with Gasteiger partial charge in [-0.3, -0.25) is 0 Å². The summed E-state index contributed by atoms with van der Waals surface area (Å²) >= 11 is 0. The van der Waals surface area contributed by atoms with E-state index >= 15 is 0 Å². The van der Waals surface area contributed by atoms with Gasteiger partial charge in [-0.05, 0) is 69.5 Å². The van der Waals surface area contributed by atoms with Crippen LogP contribution < -0.4 is 10.1 Å². The normalized spacial score (nSPS) is 15.2. The van der Waals surface area contributed by atoms with Crippen molar-refractivity contribution in [3.8, 4) is 5.95 Å². The second kappa shape index (κ2) is 8.71. The minimum Gasteiger partial charge on any atom is -0.434 e. The van der Waals surface area contributed by atoms with E-state index in [1.54, 1.807) is 6.26 Å². The lowest BCUT2D eigenvalue weighted by Crippen LogP contribution is -2.26. The number of ether oxygens (including phenoxy) is 1. The molecule has 1 aliphatic carbocycles. The minimum atomic E-state index is -0.506. The molecule has 5 aromatic rings. The van der Waals surface area contributed by atoms with E-state index in [2.05, 4.69) is 53.8 Å². The summed E-state index contributed by atoms with van der Waals surface area (Å²) in [4.78, 5) is 12.4. The Hall–Kier alpha value is -4.05. The molecule has 4 heteroatoms. The van der Waals surface area contributed by atoms with Crippen LogP contribution in [0.25, 0.3) is 21.5 Å². The van der Waals surface area contributed by atoms with E-state index in [4.69, 9.17) is 9.15 Å². The third-order valence-electron chi connectivity index (χ3n) is 6.91. The van der Waals surface area contributed by atoms with Gasteiger partial charge in [0.1, 0.15) is 0 Å². The van der Waals surface area contributed by atoms with Crippen molar-refractivity contribution in [2.75, 3.05) is 0 Å². The van der Waals surface area contributed by atoms with E-state index in [9.17, 15) is 4.79 Å². The molecule has 1 N–H and O–H groups in total. The summed E-state index contributed by atoms with van der Waals surface area (Å²) in [5.74, 6) is 0.532. The van der Waals surface area contributed by atoms with E-state index in [0.717, 1.165) is 30.4 Å². The number of hydrogen-bond donors (Lipinski definition) is 1. The molecule has 0 spiro atoms. The second-order valence-corrected chi connectivity index (χ2v) is 8.92. The van der Waals surface area contributed by atoms with Crippen LogP contribution >= 0.6 is 0 Å². The number of carbonyl (C=O) groups is 1. The van der Waals surface area contributed by atoms with Gasteiger partial charge >= 0.3 is 6.09 Å². The number of fused-ring (bicyclic) bond motifs is 5. The SMILES string of the molecule is O=C(NCc1ccccc1)Oc1occc1C1CCc2ccc3c(ccc4ccccc43)c2C1. The molecule has 1 aromatic heterocycles. The molecular formula is C30H25NO3. The van der Waals surface area contributed by atoms with Crippen LogP contribution in [-0.2, 0) is 19.4 Å². The lowest BCUT2D eigenvalue weighted by atomic mass is 9.78. The average molecular weight is 448 g/mol.